The molecule has 4 heteroatoms. The third kappa shape index (κ3) is 8.41. The van der Waals surface area contributed by atoms with Crippen molar-refractivity contribution in [2.75, 3.05) is 6.54 Å². The Labute approximate surface area is 124 Å². The topological polar surface area (TPSA) is 50.4 Å². The first-order valence-corrected chi connectivity index (χ1v) is 8.10. The number of carbonyl (C=O) groups is 1. The molecule has 1 aliphatic rings. The second-order valence-corrected chi connectivity index (χ2v) is 6.99. The zero-order valence-electron chi connectivity index (χ0n) is 13.6. The van der Waals surface area contributed by atoms with E-state index in [0.29, 0.717) is 12.6 Å². The number of amides is 1. The summed E-state index contributed by atoms with van der Waals surface area (Å²) in [5, 5.41) is 6.47. The summed E-state index contributed by atoms with van der Waals surface area (Å²) in [6.07, 6.45) is 8.96. The molecule has 1 aliphatic carbocycles. The van der Waals surface area contributed by atoms with Gasteiger partial charge in [0.2, 0.25) is 0 Å². The van der Waals surface area contributed by atoms with Crippen LogP contribution in [0.15, 0.2) is 0 Å². The Balaban J connectivity index is 2.21. The van der Waals surface area contributed by atoms with E-state index in [1.165, 1.54) is 44.9 Å². The molecule has 0 heterocycles. The van der Waals surface area contributed by atoms with E-state index in [1.807, 2.05) is 20.8 Å². The molecule has 1 atom stereocenters. The van der Waals surface area contributed by atoms with Gasteiger partial charge < -0.3 is 15.4 Å². The van der Waals surface area contributed by atoms with E-state index in [2.05, 4.69) is 17.6 Å². The van der Waals surface area contributed by atoms with Crippen molar-refractivity contribution in [2.24, 2.45) is 0 Å². The van der Waals surface area contributed by atoms with Crippen LogP contribution in [0.1, 0.15) is 72.6 Å². The molecule has 118 valence electrons. The Kier molecular flexibility index (Phi) is 7.35. The molecule has 1 rings (SSSR count). The number of carbonyl (C=O) groups excluding carboxylic acids is 1. The zero-order valence-corrected chi connectivity index (χ0v) is 13.6. The van der Waals surface area contributed by atoms with Crippen LogP contribution in [0.3, 0.4) is 0 Å². The maximum atomic E-state index is 11.6. The molecule has 0 aromatic rings. The van der Waals surface area contributed by atoms with Crippen molar-refractivity contribution < 1.29 is 9.53 Å². The minimum absolute atomic E-state index is 0.284. The SMILES string of the molecule is CC(CNC(=O)OC(C)(C)C)NC1CCCCCCC1. The van der Waals surface area contributed by atoms with Gasteiger partial charge >= 0.3 is 6.09 Å². The van der Waals surface area contributed by atoms with Gasteiger partial charge in [0, 0.05) is 18.6 Å². The molecular formula is C16H32N2O2. The molecule has 1 saturated carbocycles. The van der Waals surface area contributed by atoms with E-state index >= 15 is 0 Å². The highest BCUT2D eigenvalue weighted by atomic mass is 16.6. The highest BCUT2D eigenvalue weighted by Crippen LogP contribution is 2.17. The molecule has 1 fully saturated rings. The normalized spacial score (nSPS) is 19.8. The fourth-order valence-electron chi connectivity index (χ4n) is 2.63. The lowest BCUT2D eigenvalue weighted by atomic mass is 9.96. The molecule has 0 bridgehead atoms. The highest BCUT2D eigenvalue weighted by Gasteiger charge is 2.17. The summed E-state index contributed by atoms with van der Waals surface area (Å²) in [5.74, 6) is 0. The molecule has 0 aliphatic heterocycles. The van der Waals surface area contributed by atoms with E-state index in [-0.39, 0.29) is 12.1 Å². The van der Waals surface area contributed by atoms with Crippen molar-refractivity contribution >= 4 is 6.09 Å². The lowest BCUT2D eigenvalue weighted by Gasteiger charge is -2.26. The van der Waals surface area contributed by atoms with E-state index in [4.69, 9.17) is 4.74 Å². The van der Waals surface area contributed by atoms with E-state index in [1.54, 1.807) is 0 Å². The van der Waals surface area contributed by atoms with E-state index in [0.717, 1.165) is 0 Å². The van der Waals surface area contributed by atoms with Crippen molar-refractivity contribution in [3.63, 3.8) is 0 Å². The van der Waals surface area contributed by atoms with Crippen LogP contribution < -0.4 is 10.6 Å². The maximum absolute atomic E-state index is 11.6. The maximum Gasteiger partial charge on any atom is 0.407 e. The monoisotopic (exact) mass is 284 g/mol. The predicted molar refractivity (Wildman–Crippen MR) is 82.9 cm³/mol. The molecule has 0 saturated heterocycles. The van der Waals surface area contributed by atoms with Gasteiger partial charge in [-0.3, -0.25) is 0 Å². The van der Waals surface area contributed by atoms with Gasteiger partial charge in [-0.05, 0) is 40.5 Å². The molecule has 1 amide bonds. The van der Waals surface area contributed by atoms with Crippen molar-refractivity contribution in [1.82, 2.24) is 10.6 Å². The Morgan fingerprint density at radius 3 is 2.25 bits per heavy atom. The number of ether oxygens (including phenoxy) is 1. The molecule has 0 aromatic carbocycles. The van der Waals surface area contributed by atoms with Crippen molar-refractivity contribution in [2.45, 2.75) is 90.3 Å². The molecule has 4 nitrogen and oxygen atoms in total. The van der Waals surface area contributed by atoms with Crippen LogP contribution in [-0.4, -0.2) is 30.3 Å². The van der Waals surface area contributed by atoms with Gasteiger partial charge in [-0.1, -0.05) is 32.1 Å². The van der Waals surface area contributed by atoms with Gasteiger partial charge in [0.1, 0.15) is 5.60 Å². The van der Waals surface area contributed by atoms with Crippen LogP contribution in [0.4, 0.5) is 4.79 Å². The van der Waals surface area contributed by atoms with Crippen LogP contribution in [0.25, 0.3) is 0 Å². The second-order valence-electron chi connectivity index (χ2n) is 6.99. The first-order valence-electron chi connectivity index (χ1n) is 8.10. The summed E-state index contributed by atoms with van der Waals surface area (Å²) in [5.41, 5.74) is -0.430. The van der Waals surface area contributed by atoms with Gasteiger partial charge in [-0.25, -0.2) is 4.79 Å². The quantitative estimate of drug-likeness (QED) is 0.829. The van der Waals surface area contributed by atoms with Gasteiger partial charge in [0.25, 0.3) is 0 Å². The van der Waals surface area contributed by atoms with E-state index in [9.17, 15) is 4.79 Å². The second kappa shape index (κ2) is 8.50. The van der Waals surface area contributed by atoms with Gasteiger partial charge in [-0.15, -0.1) is 0 Å². The fourth-order valence-corrected chi connectivity index (χ4v) is 2.63. The lowest BCUT2D eigenvalue weighted by molar-refractivity contribution is 0.0522. The Bertz CT molecular complexity index is 279. The third-order valence-electron chi connectivity index (χ3n) is 3.58. The molecule has 2 N–H and O–H groups in total. The molecule has 20 heavy (non-hydrogen) atoms. The van der Waals surface area contributed by atoms with Crippen LogP contribution in [-0.2, 0) is 4.74 Å². The molecule has 0 aromatic heterocycles. The Morgan fingerprint density at radius 1 is 1.15 bits per heavy atom. The highest BCUT2D eigenvalue weighted by molar-refractivity contribution is 5.67. The smallest absolute Gasteiger partial charge is 0.407 e. The van der Waals surface area contributed by atoms with Gasteiger partial charge in [0.05, 0.1) is 0 Å². The minimum Gasteiger partial charge on any atom is -0.444 e. The molecule has 0 radical (unpaired) electrons. The minimum atomic E-state index is -0.430. The van der Waals surface area contributed by atoms with Crippen LogP contribution in [0, 0.1) is 0 Å². The van der Waals surface area contributed by atoms with Crippen molar-refractivity contribution in [1.29, 1.82) is 0 Å². The van der Waals surface area contributed by atoms with Gasteiger partial charge in [-0.2, -0.15) is 0 Å². The van der Waals surface area contributed by atoms with E-state index < -0.39 is 5.60 Å². The largest absolute Gasteiger partial charge is 0.444 e. The van der Waals surface area contributed by atoms with Crippen LogP contribution in [0.5, 0.6) is 0 Å². The average molecular weight is 284 g/mol. The van der Waals surface area contributed by atoms with Crippen molar-refractivity contribution in [3.05, 3.63) is 0 Å². The number of hydrogen-bond acceptors (Lipinski definition) is 3. The van der Waals surface area contributed by atoms with Gasteiger partial charge in [0.15, 0.2) is 0 Å². The first-order chi connectivity index (χ1) is 9.37. The third-order valence-corrected chi connectivity index (χ3v) is 3.58. The summed E-state index contributed by atoms with van der Waals surface area (Å²) in [7, 11) is 0. The predicted octanol–water partition coefficient (Wildman–Crippen LogP) is 3.60. The number of rotatable bonds is 4. The zero-order chi connectivity index (χ0) is 15.0. The van der Waals surface area contributed by atoms with Crippen LogP contribution >= 0.6 is 0 Å². The molecular weight excluding hydrogens is 252 g/mol. The lowest BCUT2D eigenvalue weighted by Crippen LogP contribution is -2.45. The number of alkyl carbamates (subject to hydrolysis) is 1. The fraction of sp³-hybridized carbons (Fsp3) is 0.938. The Morgan fingerprint density at radius 2 is 1.70 bits per heavy atom. The summed E-state index contributed by atoms with van der Waals surface area (Å²) in [6, 6.07) is 0.887. The number of nitrogens with one attached hydrogen (secondary N) is 2. The van der Waals surface area contributed by atoms with Crippen molar-refractivity contribution in [3.8, 4) is 0 Å². The summed E-state index contributed by atoms with van der Waals surface area (Å²) in [6.45, 7) is 8.37. The standard InChI is InChI=1S/C16H32N2O2/c1-13(12-17-15(19)20-16(2,3)4)18-14-10-8-6-5-7-9-11-14/h13-14,18H,5-12H2,1-4H3,(H,17,19). The number of hydrogen-bond donors (Lipinski definition) is 2. The summed E-state index contributed by atoms with van der Waals surface area (Å²) >= 11 is 0. The molecule has 0 spiro atoms. The first kappa shape index (κ1) is 17.3. The van der Waals surface area contributed by atoms with Crippen LogP contribution in [0.2, 0.25) is 0 Å². The molecule has 1 unspecified atom stereocenters. The summed E-state index contributed by atoms with van der Waals surface area (Å²) in [4.78, 5) is 11.6. The summed E-state index contributed by atoms with van der Waals surface area (Å²) < 4.78 is 5.24. The average Bonchev–Trinajstić information content (AvgIpc) is 2.27. The Hall–Kier alpha value is -0.770.